The molecular formula is C16H29NO3. The zero-order valence-corrected chi connectivity index (χ0v) is 13.4. The average molecular weight is 283 g/mol. The Morgan fingerprint density at radius 2 is 1.85 bits per heavy atom. The Balaban J connectivity index is 2.64. The molecule has 0 aromatic carbocycles. The van der Waals surface area contributed by atoms with Crippen LogP contribution in [0, 0.1) is 23.7 Å². The van der Waals surface area contributed by atoms with Crippen molar-refractivity contribution < 1.29 is 14.3 Å². The molecule has 116 valence electrons. The first-order valence-corrected chi connectivity index (χ1v) is 7.74. The SMILES string of the molecule is COC(=O)N[C@H](C(=O)C[C@@H]1CCC[C@H]1C(C)C)C(C)C. The van der Waals surface area contributed by atoms with Gasteiger partial charge in [0.2, 0.25) is 0 Å². The molecule has 0 aromatic rings. The van der Waals surface area contributed by atoms with Crippen LogP contribution in [0.15, 0.2) is 0 Å². The second-order valence-electron chi connectivity index (χ2n) is 6.63. The van der Waals surface area contributed by atoms with Crippen LogP contribution >= 0.6 is 0 Å². The number of ether oxygens (including phenoxy) is 1. The third-order valence-electron chi connectivity index (χ3n) is 4.51. The number of Topliss-reactive ketones (excluding diaryl/α,β-unsaturated/α-hetero) is 1. The summed E-state index contributed by atoms with van der Waals surface area (Å²) >= 11 is 0. The van der Waals surface area contributed by atoms with E-state index < -0.39 is 12.1 Å². The summed E-state index contributed by atoms with van der Waals surface area (Å²) in [6.07, 6.45) is 3.64. The van der Waals surface area contributed by atoms with Gasteiger partial charge in [-0.25, -0.2) is 4.79 Å². The first-order valence-electron chi connectivity index (χ1n) is 7.74. The zero-order valence-electron chi connectivity index (χ0n) is 13.4. The molecular weight excluding hydrogens is 254 g/mol. The summed E-state index contributed by atoms with van der Waals surface area (Å²) in [6, 6.07) is -0.434. The standard InChI is InChI=1S/C16H29NO3/c1-10(2)13-8-6-7-12(13)9-14(18)15(11(3)4)17-16(19)20-5/h10-13,15H,6-9H2,1-5H3,(H,17,19)/t12-,13-,15-/m0/s1. The maximum atomic E-state index is 12.5. The van der Waals surface area contributed by atoms with Crippen LogP contribution in [0.5, 0.6) is 0 Å². The number of carbonyl (C=O) groups is 2. The molecule has 0 heterocycles. The molecule has 4 nitrogen and oxygen atoms in total. The van der Waals surface area contributed by atoms with Crippen LogP contribution < -0.4 is 5.32 Å². The van der Waals surface area contributed by atoms with Crippen molar-refractivity contribution in [3.63, 3.8) is 0 Å². The summed E-state index contributed by atoms with van der Waals surface area (Å²) in [5.41, 5.74) is 0. The number of alkyl carbamates (subject to hydrolysis) is 1. The van der Waals surface area contributed by atoms with Gasteiger partial charge in [-0.3, -0.25) is 4.79 Å². The van der Waals surface area contributed by atoms with Gasteiger partial charge in [0.1, 0.15) is 0 Å². The third kappa shape index (κ3) is 4.50. The predicted octanol–water partition coefficient (Wildman–Crippen LogP) is 3.40. The Bertz CT molecular complexity index is 339. The quantitative estimate of drug-likeness (QED) is 0.813. The summed E-state index contributed by atoms with van der Waals surface area (Å²) in [5, 5.41) is 2.67. The molecule has 1 fully saturated rings. The fourth-order valence-electron chi connectivity index (χ4n) is 3.39. The maximum Gasteiger partial charge on any atom is 0.407 e. The minimum atomic E-state index is -0.524. The van der Waals surface area contributed by atoms with E-state index >= 15 is 0 Å². The molecule has 0 unspecified atom stereocenters. The smallest absolute Gasteiger partial charge is 0.407 e. The number of ketones is 1. The number of nitrogens with one attached hydrogen (secondary N) is 1. The summed E-state index contributed by atoms with van der Waals surface area (Å²) in [6.45, 7) is 8.38. The maximum absolute atomic E-state index is 12.5. The number of amides is 1. The van der Waals surface area contributed by atoms with Crippen molar-refractivity contribution in [2.75, 3.05) is 7.11 Å². The second-order valence-corrected chi connectivity index (χ2v) is 6.63. The Kier molecular flexibility index (Phi) is 6.50. The molecule has 1 aliphatic carbocycles. The number of methoxy groups -OCH3 is 1. The first kappa shape index (κ1) is 17.0. The number of hydrogen-bond acceptors (Lipinski definition) is 3. The van der Waals surface area contributed by atoms with E-state index in [4.69, 9.17) is 0 Å². The summed E-state index contributed by atoms with van der Waals surface area (Å²) in [7, 11) is 1.32. The lowest BCUT2D eigenvalue weighted by Gasteiger charge is -2.26. The Morgan fingerprint density at radius 3 is 2.35 bits per heavy atom. The van der Waals surface area contributed by atoms with Gasteiger partial charge in [0.15, 0.2) is 5.78 Å². The van der Waals surface area contributed by atoms with Gasteiger partial charge in [-0.15, -0.1) is 0 Å². The summed E-state index contributed by atoms with van der Waals surface area (Å²) < 4.78 is 4.61. The van der Waals surface area contributed by atoms with Gasteiger partial charge in [-0.05, 0) is 36.5 Å². The zero-order chi connectivity index (χ0) is 15.3. The minimum absolute atomic E-state index is 0.0838. The van der Waals surface area contributed by atoms with Crippen molar-refractivity contribution in [3.05, 3.63) is 0 Å². The molecule has 0 spiro atoms. The first-order chi connectivity index (χ1) is 9.36. The van der Waals surface area contributed by atoms with Crippen LogP contribution in [0.4, 0.5) is 4.79 Å². The molecule has 1 N–H and O–H groups in total. The Morgan fingerprint density at radius 1 is 1.20 bits per heavy atom. The third-order valence-corrected chi connectivity index (χ3v) is 4.51. The predicted molar refractivity (Wildman–Crippen MR) is 79.5 cm³/mol. The molecule has 0 saturated heterocycles. The molecule has 0 bridgehead atoms. The fourth-order valence-corrected chi connectivity index (χ4v) is 3.39. The van der Waals surface area contributed by atoms with E-state index in [1.54, 1.807) is 0 Å². The topological polar surface area (TPSA) is 55.4 Å². The van der Waals surface area contributed by atoms with E-state index in [0.717, 1.165) is 6.42 Å². The van der Waals surface area contributed by atoms with E-state index in [9.17, 15) is 9.59 Å². The van der Waals surface area contributed by atoms with Crippen molar-refractivity contribution in [1.29, 1.82) is 0 Å². The summed E-state index contributed by atoms with van der Waals surface area (Å²) in [4.78, 5) is 23.8. The van der Waals surface area contributed by atoms with Gasteiger partial charge in [0.05, 0.1) is 13.2 Å². The van der Waals surface area contributed by atoms with Gasteiger partial charge in [0, 0.05) is 6.42 Å². The molecule has 0 aliphatic heterocycles. The van der Waals surface area contributed by atoms with Crippen molar-refractivity contribution >= 4 is 11.9 Å². The van der Waals surface area contributed by atoms with E-state index in [1.807, 2.05) is 13.8 Å². The number of hydrogen-bond donors (Lipinski definition) is 1. The lowest BCUT2D eigenvalue weighted by atomic mass is 9.81. The second kappa shape index (κ2) is 7.65. The highest BCUT2D eigenvalue weighted by Gasteiger charge is 2.34. The fraction of sp³-hybridized carbons (Fsp3) is 0.875. The van der Waals surface area contributed by atoms with Gasteiger partial charge in [0.25, 0.3) is 0 Å². The highest BCUT2D eigenvalue weighted by atomic mass is 16.5. The van der Waals surface area contributed by atoms with Gasteiger partial charge in [-0.1, -0.05) is 34.1 Å². The molecule has 20 heavy (non-hydrogen) atoms. The van der Waals surface area contributed by atoms with Crippen molar-refractivity contribution in [3.8, 4) is 0 Å². The molecule has 1 amide bonds. The van der Waals surface area contributed by atoms with Crippen molar-refractivity contribution in [2.24, 2.45) is 23.7 Å². The minimum Gasteiger partial charge on any atom is -0.453 e. The van der Waals surface area contributed by atoms with Gasteiger partial charge >= 0.3 is 6.09 Å². The van der Waals surface area contributed by atoms with Crippen LogP contribution in [0.25, 0.3) is 0 Å². The Hall–Kier alpha value is -1.06. The number of carbonyl (C=O) groups excluding carboxylic acids is 2. The lowest BCUT2D eigenvalue weighted by Crippen LogP contribution is -2.45. The monoisotopic (exact) mass is 283 g/mol. The van der Waals surface area contributed by atoms with Crippen LogP contribution in [-0.2, 0) is 9.53 Å². The molecule has 1 saturated carbocycles. The van der Waals surface area contributed by atoms with Crippen molar-refractivity contribution in [2.45, 2.75) is 59.4 Å². The molecule has 1 aliphatic rings. The molecule has 0 radical (unpaired) electrons. The van der Waals surface area contributed by atoms with Crippen LogP contribution in [0.3, 0.4) is 0 Å². The van der Waals surface area contributed by atoms with Crippen LogP contribution in [0.1, 0.15) is 53.4 Å². The van der Waals surface area contributed by atoms with E-state index in [1.165, 1.54) is 20.0 Å². The van der Waals surface area contributed by atoms with Crippen molar-refractivity contribution in [1.82, 2.24) is 5.32 Å². The number of rotatable bonds is 6. The van der Waals surface area contributed by atoms with E-state index in [0.29, 0.717) is 24.2 Å². The highest BCUT2D eigenvalue weighted by Crippen LogP contribution is 2.39. The molecule has 1 rings (SSSR count). The van der Waals surface area contributed by atoms with E-state index in [2.05, 4.69) is 23.9 Å². The normalized spacial score (nSPS) is 23.9. The van der Waals surface area contributed by atoms with Crippen LogP contribution in [0.2, 0.25) is 0 Å². The van der Waals surface area contributed by atoms with Gasteiger partial charge in [-0.2, -0.15) is 0 Å². The molecule has 0 aromatic heterocycles. The molecule has 4 heteroatoms. The van der Waals surface area contributed by atoms with Gasteiger partial charge < -0.3 is 10.1 Å². The van der Waals surface area contributed by atoms with E-state index in [-0.39, 0.29) is 11.7 Å². The highest BCUT2D eigenvalue weighted by molar-refractivity contribution is 5.87. The lowest BCUT2D eigenvalue weighted by molar-refractivity contribution is -0.123. The average Bonchev–Trinajstić information content (AvgIpc) is 2.83. The summed E-state index contributed by atoms with van der Waals surface area (Å²) in [5.74, 6) is 1.97. The molecule has 3 atom stereocenters. The largest absolute Gasteiger partial charge is 0.453 e. The Labute approximate surface area is 122 Å². The van der Waals surface area contributed by atoms with Crippen LogP contribution in [-0.4, -0.2) is 25.0 Å².